The van der Waals surface area contributed by atoms with Crippen molar-refractivity contribution < 1.29 is 18.6 Å². The van der Waals surface area contributed by atoms with Crippen molar-refractivity contribution in [3.63, 3.8) is 0 Å². The van der Waals surface area contributed by atoms with E-state index >= 15 is 0 Å². The molecule has 4 rings (SSSR count). The van der Waals surface area contributed by atoms with Crippen molar-refractivity contribution in [2.75, 3.05) is 32.8 Å². The van der Waals surface area contributed by atoms with E-state index in [1.807, 2.05) is 19.9 Å². The Labute approximate surface area is 170 Å². The number of aromatic nitrogens is 2. The highest BCUT2D eigenvalue weighted by molar-refractivity contribution is 5.83. The quantitative estimate of drug-likeness (QED) is 0.731. The lowest BCUT2D eigenvalue weighted by Gasteiger charge is -2.35. The third-order valence-corrected chi connectivity index (χ3v) is 6.23. The Morgan fingerprint density at radius 2 is 2.24 bits per heavy atom. The number of rotatable bonds is 7. The fraction of sp³-hybridized carbons (Fsp3) is 0.667. The van der Waals surface area contributed by atoms with Crippen molar-refractivity contribution in [1.29, 1.82) is 0 Å². The van der Waals surface area contributed by atoms with Gasteiger partial charge in [0.05, 0.1) is 23.4 Å². The van der Waals surface area contributed by atoms with Crippen LogP contribution in [-0.2, 0) is 22.4 Å². The molecule has 2 atom stereocenters. The maximum Gasteiger partial charge on any atom is 0.227 e. The van der Waals surface area contributed by atoms with E-state index in [1.165, 1.54) is 0 Å². The summed E-state index contributed by atoms with van der Waals surface area (Å²) < 4.78 is 16.3. The number of nitrogens with zero attached hydrogens (tertiary/aromatic N) is 2. The number of amides is 1. The minimum Gasteiger partial charge on any atom is -0.381 e. The number of hydrogen-bond acceptors (Lipinski definition) is 7. The summed E-state index contributed by atoms with van der Waals surface area (Å²) in [5, 5.41) is 14.8. The molecule has 8 heteroatoms. The summed E-state index contributed by atoms with van der Waals surface area (Å²) in [4.78, 5) is 13.2. The van der Waals surface area contributed by atoms with Gasteiger partial charge in [0.25, 0.3) is 0 Å². The third kappa shape index (κ3) is 4.38. The number of piperidine rings is 1. The maximum absolute atomic E-state index is 13.2. The molecule has 8 nitrogen and oxygen atoms in total. The molecule has 2 fully saturated rings. The minimum atomic E-state index is -0.514. The van der Waals surface area contributed by atoms with Gasteiger partial charge in [-0.2, -0.15) is 0 Å². The van der Waals surface area contributed by atoms with Crippen LogP contribution in [0.3, 0.4) is 0 Å². The monoisotopic (exact) mass is 402 g/mol. The molecule has 2 unspecified atom stereocenters. The minimum absolute atomic E-state index is 0.0682. The standard InChI is InChI=1S/C21H30N4O4/c1-14-18(15(2)28-24-14)4-8-23-20(26)21(6-3-7-22-13-21)11-17-10-19(25-29-17)16-5-9-27-12-16/h10,16,22H,3-9,11-13H2,1-2H3,(H,23,26). The number of carbonyl (C=O) groups excluding carboxylic acids is 1. The molecule has 0 aromatic carbocycles. The van der Waals surface area contributed by atoms with Gasteiger partial charge in [-0.1, -0.05) is 10.3 Å². The highest BCUT2D eigenvalue weighted by Crippen LogP contribution is 2.33. The number of aryl methyl sites for hydroxylation is 2. The summed E-state index contributed by atoms with van der Waals surface area (Å²) >= 11 is 0. The van der Waals surface area contributed by atoms with E-state index in [1.54, 1.807) is 0 Å². The van der Waals surface area contributed by atoms with Crippen LogP contribution in [0.25, 0.3) is 0 Å². The zero-order valence-corrected chi connectivity index (χ0v) is 17.3. The van der Waals surface area contributed by atoms with Crippen molar-refractivity contribution in [3.05, 3.63) is 34.5 Å². The Bertz CT molecular complexity index is 812. The molecule has 0 saturated carbocycles. The predicted molar refractivity (Wildman–Crippen MR) is 106 cm³/mol. The van der Waals surface area contributed by atoms with Crippen LogP contribution in [-0.4, -0.2) is 49.1 Å². The van der Waals surface area contributed by atoms with E-state index in [9.17, 15) is 4.79 Å². The van der Waals surface area contributed by atoms with E-state index in [-0.39, 0.29) is 5.91 Å². The molecule has 2 aromatic rings. The van der Waals surface area contributed by atoms with E-state index in [4.69, 9.17) is 13.8 Å². The first-order valence-corrected chi connectivity index (χ1v) is 10.5. The molecule has 0 spiro atoms. The van der Waals surface area contributed by atoms with E-state index in [0.29, 0.717) is 38.5 Å². The van der Waals surface area contributed by atoms with Crippen LogP contribution < -0.4 is 10.6 Å². The van der Waals surface area contributed by atoms with Crippen LogP contribution in [0.5, 0.6) is 0 Å². The summed E-state index contributed by atoms with van der Waals surface area (Å²) in [6.45, 7) is 7.44. The molecule has 2 aliphatic rings. The molecule has 4 heterocycles. The summed E-state index contributed by atoms with van der Waals surface area (Å²) in [5.74, 6) is 1.96. The summed E-state index contributed by atoms with van der Waals surface area (Å²) in [6, 6.07) is 2.01. The zero-order chi connectivity index (χ0) is 20.3. The second-order valence-electron chi connectivity index (χ2n) is 8.32. The zero-order valence-electron chi connectivity index (χ0n) is 17.3. The average molecular weight is 402 g/mol. The molecule has 0 bridgehead atoms. The van der Waals surface area contributed by atoms with Gasteiger partial charge >= 0.3 is 0 Å². The Balaban J connectivity index is 1.41. The van der Waals surface area contributed by atoms with Crippen LogP contribution in [0.1, 0.15) is 53.7 Å². The van der Waals surface area contributed by atoms with Gasteiger partial charge in [0.2, 0.25) is 5.91 Å². The van der Waals surface area contributed by atoms with Crippen LogP contribution in [0.4, 0.5) is 0 Å². The molecule has 2 saturated heterocycles. The van der Waals surface area contributed by atoms with E-state index in [0.717, 1.165) is 60.9 Å². The SMILES string of the molecule is Cc1noc(C)c1CCNC(=O)C1(Cc2cc(C3CCOC3)no2)CCCNC1. The van der Waals surface area contributed by atoms with Crippen molar-refractivity contribution in [1.82, 2.24) is 20.9 Å². The number of hydrogen-bond donors (Lipinski definition) is 2. The highest BCUT2D eigenvalue weighted by atomic mass is 16.5. The second-order valence-corrected chi connectivity index (χ2v) is 8.32. The summed E-state index contributed by atoms with van der Waals surface area (Å²) in [5.41, 5.74) is 2.38. The highest BCUT2D eigenvalue weighted by Gasteiger charge is 2.41. The molecule has 29 heavy (non-hydrogen) atoms. The molecule has 2 aromatic heterocycles. The Morgan fingerprint density at radius 3 is 2.93 bits per heavy atom. The first kappa shape index (κ1) is 20.1. The Morgan fingerprint density at radius 1 is 1.34 bits per heavy atom. The van der Waals surface area contributed by atoms with Crippen molar-refractivity contribution in [2.24, 2.45) is 5.41 Å². The van der Waals surface area contributed by atoms with E-state index in [2.05, 4.69) is 20.9 Å². The van der Waals surface area contributed by atoms with Gasteiger partial charge in [-0.25, -0.2) is 0 Å². The van der Waals surface area contributed by atoms with E-state index < -0.39 is 5.41 Å². The molecule has 1 amide bonds. The van der Waals surface area contributed by atoms with Crippen LogP contribution in [0.15, 0.2) is 15.1 Å². The normalized spacial score (nSPS) is 24.7. The van der Waals surface area contributed by atoms with Crippen LogP contribution in [0.2, 0.25) is 0 Å². The second kappa shape index (κ2) is 8.67. The van der Waals surface area contributed by atoms with Gasteiger partial charge in [0, 0.05) is 43.7 Å². The average Bonchev–Trinajstić information content (AvgIpc) is 3.46. The molecule has 2 N–H and O–H groups in total. The Kier molecular flexibility index (Phi) is 6.01. The lowest BCUT2D eigenvalue weighted by molar-refractivity contribution is -0.132. The largest absolute Gasteiger partial charge is 0.381 e. The van der Waals surface area contributed by atoms with Gasteiger partial charge in [0.15, 0.2) is 0 Å². The van der Waals surface area contributed by atoms with Crippen molar-refractivity contribution in [2.45, 2.75) is 51.9 Å². The molecule has 2 aliphatic heterocycles. The maximum atomic E-state index is 13.2. The fourth-order valence-corrected chi connectivity index (χ4v) is 4.45. The van der Waals surface area contributed by atoms with Gasteiger partial charge in [-0.15, -0.1) is 0 Å². The molecule has 0 radical (unpaired) electrons. The van der Waals surface area contributed by atoms with Gasteiger partial charge in [-0.05, 0) is 46.1 Å². The molecular formula is C21H30N4O4. The van der Waals surface area contributed by atoms with Gasteiger partial charge < -0.3 is 24.4 Å². The summed E-state index contributed by atoms with van der Waals surface area (Å²) in [6.07, 6.45) is 4.04. The Hall–Kier alpha value is -2.19. The van der Waals surface area contributed by atoms with Crippen molar-refractivity contribution in [3.8, 4) is 0 Å². The van der Waals surface area contributed by atoms with Crippen LogP contribution in [0, 0.1) is 19.3 Å². The molecule has 158 valence electrons. The topological polar surface area (TPSA) is 102 Å². The molecule has 0 aliphatic carbocycles. The van der Waals surface area contributed by atoms with Gasteiger partial charge in [-0.3, -0.25) is 4.79 Å². The predicted octanol–water partition coefficient (Wildman–Crippen LogP) is 2.05. The van der Waals surface area contributed by atoms with Crippen molar-refractivity contribution >= 4 is 5.91 Å². The first-order valence-electron chi connectivity index (χ1n) is 10.5. The smallest absolute Gasteiger partial charge is 0.227 e. The number of nitrogens with one attached hydrogen (secondary N) is 2. The number of carbonyl (C=O) groups is 1. The fourth-order valence-electron chi connectivity index (χ4n) is 4.45. The molecular weight excluding hydrogens is 372 g/mol. The summed E-state index contributed by atoms with van der Waals surface area (Å²) in [7, 11) is 0. The van der Waals surface area contributed by atoms with Gasteiger partial charge in [0.1, 0.15) is 11.5 Å². The van der Waals surface area contributed by atoms with Crippen LogP contribution >= 0.6 is 0 Å². The first-order chi connectivity index (χ1) is 14.1. The lowest BCUT2D eigenvalue weighted by atomic mass is 9.76. The lowest BCUT2D eigenvalue weighted by Crippen LogP contribution is -2.52. The number of ether oxygens (including phenoxy) is 1. The third-order valence-electron chi connectivity index (χ3n) is 6.23.